The fourth-order valence-corrected chi connectivity index (χ4v) is 1.89. The van der Waals surface area contributed by atoms with Gasteiger partial charge in [0.05, 0.1) is 13.7 Å². The highest BCUT2D eigenvalue weighted by atomic mass is 16.5. The number of hydrogen-bond donors (Lipinski definition) is 1. The Bertz CT molecular complexity index is 361. The van der Waals surface area contributed by atoms with Crippen molar-refractivity contribution in [2.24, 2.45) is 11.7 Å². The summed E-state index contributed by atoms with van der Waals surface area (Å²) in [6.07, 6.45) is 2.49. The van der Waals surface area contributed by atoms with Gasteiger partial charge in [-0.2, -0.15) is 0 Å². The van der Waals surface area contributed by atoms with Crippen molar-refractivity contribution in [2.45, 2.75) is 25.8 Å². The number of rotatable bonds is 5. The predicted molar refractivity (Wildman–Crippen MR) is 63.8 cm³/mol. The standard InChI is InChI=1S/C13H19NO2/c1-3-16-11-7-6-10(8-12(11)15-2)13(14)9-4-5-9/h6-9,13H,3-5,14H2,1-2H3/t13-/m1/s1. The van der Waals surface area contributed by atoms with Gasteiger partial charge in [0.1, 0.15) is 0 Å². The molecule has 0 aromatic heterocycles. The van der Waals surface area contributed by atoms with E-state index in [1.165, 1.54) is 12.8 Å². The van der Waals surface area contributed by atoms with E-state index in [2.05, 4.69) is 0 Å². The van der Waals surface area contributed by atoms with Crippen molar-refractivity contribution in [3.8, 4) is 11.5 Å². The molecule has 88 valence electrons. The summed E-state index contributed by atoms with van der Waals surface area (Å²) >= 11 is 0. The van der Waals surface area contributed by atoms with Gasteiger partial charge >= 0.3 is 0 Å². The number of benzene rings is 1. The third-order valence-corrected chi connectivity index (χ3v) is 3.00. The van der Waals surface area contributed by atoms with Gasteiger partial charge < -0.3 is 15.2 Å². The maximum absolute atomic E-state index is 6.15. The smallest absolute Gasteiger partial charge is 0.161 e. The minimum absolute atomic E-state index is 0.143. The Balaban J connectivity index is 2.21. The van der Waals surface area contributed by atoms with Crippen molar-refractivity contribution in [1.29, 1.82) is 0 Å². The minimum Gasteiger partial charge on any atom is -0.493 e. The van der Waals surface area contributed by atoms with Crippen LogP contribution in [0.4, 0.5) is 0 Å². The lowest BCUT2D eigenvalue weighted by Gasteiger charge is -2.14. The second-order valence-electron chi connectivity index (χ2n) is 4.21. The Morgan fingerprint density at radius 1 is 1.38 bits per heavy atom. The monoisotopic (exact) mass is 221 g/mol. The fraction of sp³-hybridized carbons (Fsp3) is 0.538. The van der Waals surface area contributed by atoms with Crippen molar-refractivity contribution >= 4 is 0 Å². The molecular formula is C13H19NO2. The first-order valence-corrected chi connectivity index (χ1v) is 5.82. The molecule has 1 saturated carbocycles. The van der Waals surface area contributed by atoms with Crippen LogP contribution in [0, 0.1) is 5.92 Å². The summed E-state index contributed by atoms with van der Waals surface area (Å²) in [6.45, 7) is 2.60. The summed E-state index contributed by atoms with van der Waals surface area (Å²) in [5.41, 5.74) is 7.29. The highest BCUT2D eigenvalue weighted by molar-refractivity contribution is 5.44. The zero-order valence-corrected chi connectivity index (χ0v) is 9.90. The summed E-state index contributed by atoms with van der Waals surface area (Å²) in [6, 6.07) is 6.12. The Labute approximate surface area is 96.5 Å². The van der Waals surface area contributed by atoms with Gasteiger partial charge in [-0.25, -0.2) is 0 Å². The molecule has 0 amide bonds. The molecule has 0 heterocycles. The van der Waals surface area contributed by atoms with Gasteiger partial charge in [-0.3, -0.25) is 0 Å². The van der Waals surface area contributed by atoms with E-state index in [0.29, 0.717) is 12.5 Å². The van der Waals surface area contributed by atoms with Crippen LogP contribution >= 0.6 is 0 Å². The lowest BCUT2D eigenvalue weighted by atomic mass is 10.0. The first-order chi connectivity index (χ1) is 7.76. The van der Waals surface area contributed by atoms with Crippen LogP contribution in [0.3, 0.4) is 0 Å². The largest absolute Gasteiger partial charge is 0.493 e. The molecule has 1 atom stereocenters. The summed E-state index contributed by atoms with van der Waals surface area (Å²) < 4.78 is 10.8. The van der Waals surface area contributed by atoms with Crippen LogP contribution < -0.4 is 15.2 Å². The van der Waals surface area contributed by atoms with Gasteiger partial charge in [-0.05, 0) is 43.4 Å². The molecule has 0 spiro atoms. The van der Waals surface area contributed by atoms with Crippen LogP contribution in [0.2, 0.25) is 0 Å². The maximum atomic E-state index is 6.15. The molecule has 0 saturated heterocycles. The van der Waals surface area contributed by atoms with E-state index in [1.54, 1.807) is 7.11 Å². The van der Waals surface area contributed by atoms with Crippen molar-refractivity contribution in [3.63, 3.8) is 0 Å². The normalized spacial score (nSPS) is 16.9. The summed E-state index contributed by atoms with van der Waals surface area (Å²) in [5.74, 6) is 2.22. The van der Waals surface area contributed by atoms with E-state index in [-0.39, 0.29) is 6.04 Å². The van der Waals surface area contributed by atoms with E-state index in [0.717, 1.165) is 17.1 Å². The average molecular weight is 221 g/mol. The zero-order valence-electron chi connectivity index (χ0n) is 9.90. The van der Waals surface area contributed by atoms with Gasteiger partial charge in [-0.15, -0.1) is 0 Å². The predicted octanol–water partition coefficient (Wildman–Crippen LogP) is 2.50. The van der Waals surface area contributed by atoms with Crippen molar-refractivity contribution in [2.75, 3.05) is 13.7 Å². The first kappa shape index (κ1) is 11.3. The molecule has 1 aromatic rings. The third kappa shape index (κ3) is 2.30. The summed E-state index contributed by atoms with van der Waals surface area (Å²) in [5, 5.41) is 0. The van der Waals surface area contributed by atoms with E-state index >= 15 is 0 Å². The number of nitrogens with two attached hydrogens (primary N) is 1. The van der Waals surface area contributed by atoms with E-state index in [1.807, 2.05) is 25.1 Å². The summed E-state index contributed by atoms with van der Waals surface area (Å²) in [4.78, 5) is 0. The lowest BCUT2D eigenvalue weighted by molar-refractivity contribution is 0.310. The van der Waals surface area contributed by atoms with Gasteiger partial charge in [-0.1, -0.05) is 6.07 Å². The average Bonchev–Trinajstić information content (AvgIpc) is 3.13. The number of methoxy groups -OCH3 is 1. The van der Waals surface area contributed by atoms with Crippen LogP contribution in [0.25, 0.3) is 0 Å². The van der Waals surface area contributed by atoms with Crippen LogP contribution in [0.5, 0.6) is 11.5 Å². The second kappa shape index (κ2) is 4.74. The molecule has 1 fully saturated rings. The third-order valence-electron chi connectivity index (χ3n) is 3.00. The lowest BCUT2D eigenvalue weighted by Crippen LogP contribution is -2.12. The maximum Gasteiger partial charge on any atom is 0.161 e. The highest BCUT2D eigenvalue weighted by Gasteiger charge is 2.29. The van der Waals surface area contributed by atoms with Gasteiger partial charge in [0.15, 0.2) is 11.5 Å². The molecule has 0 unspecified atom stereocenters. The van der Waals surface area contributed by atoms with Crippen LogP contribution in [-0.4, -0.2) is 13.7 Å². The number of ether oxygens (including phenoxy) is 2. The molecule has 1 aliphatic rings. The molecule has 1 aliphatic carbocycles. The van der Waals surface area contributed by atoms with Crippen LogP contribution in [0.1, 0.15) is 31.4 Å². The highest BCUT2D eigenvalue weighted by Crippen LogP contribution is 2.41. The minimum atomic E-state index is 0.143. The molecular weight excluding hydrogens is 202 g/mol. The van der Waals surface area contributed by atoms with E-state index in [9.17, 15) is 0 Å². The molecule has 3 nitrogen and oxygen atoms in total. The fourth-order valence-electron chi connectivity index (χ4n) is 1.89. The number of hydrogen-bond acceptors (Lipinski definition) is 3. The molecule has 2 rings (SSSR count). The van der Waals surface area contributed by atoms with Crippen LogP contribution in [-0.2, 0) is 0 Å². The Kier molecular flexibility index (Phi) is 3.34. The van der Waals surface area contributed by atoms with Crippen LogP contribution in [0.15, 0.2) is 18.2 Å². The quantitative estimate of drug-likeness (QED) is 0.830. The Morgan fingerprint density at radius 3 is 2.69 bits per heavy atom. The molecule has 0 bridgehead atoms. The van der Waals surface area contributed by atoms with Crippen molar-refractivity contribution < 1.29 is 9.47 Å². The molecule has 3 heteroatoms. The molecule has 16 heavy (non-hydrogen) atoms. The SMILES string of the molecule is CCOc1ccc([C@H](N)C2CC2)cc1OC. The van der Waals surface area contributed by atoms with E-state index in [4.69, 9.17) is 15.2 Å². The molecule has 0 aliphatic heterocycles. The van der Waals surface area contributed by atoms with Gasteiger partial charge in [0, 0.05) is 6.04 Å². The topological polar surface area (TPSA) is 44.5 Å². The van der Waals surface area contributed by atoms with Gasteiger partial charge in [0.25, 0.3) is 0 Å². The Morgan fingerprint density at radius 2 is 2.12 bits per heavy atom. The van der Waals surface area contributed by atoms with Crippen molar-refractivity contribution in [1.82, 2.24) is 0 Å². The second-order valence-corrected chi connectivity index (χ2v) is 4.21. The zero-order chi connectivity index (χ0) is 11.5. The first-order valence-electron chi connectivity index (χ1n) is 5.82. The van der Waals surface area contributed by atoms with Crippen molar-refractivity contribution in [3.05, 3.63) is 23.8 Å². The molecule has 1 aromatic carbocycles. The Hall–Kier alpha value is -1.22. The van der Waals surface area contributed by atoms with E-state index < -0.39 is 0 Å². The molecule has 2 N–H and O–H groups in total. The summed E-state index contributed by atoms with van der Waals surface area (Å²) in [7, 11) is 1.66. The molecule has 0 radical (unpaired) electrons. The van der Waals surface area contributed by atoms with Gasteiger partial charge in [0.2, 0.25) is 0 Å².